The number of hydrogen-bond donors (Lipinski definition) is 2. The standard InChI is InChI=1S/C9H7N.CH2O3/c1-2-8-3-5-9(7-10)6-4-8;2-1(3)4/h2-6H,1H2;(H2,2,3,4). The van der Waals surface area contributed by atoms with E-state index in [1.165, 1.54) is 0 Å². The Bertz CT molecular complexity index is 345. The maximum absolute atomic E-state index is 8.56. The van der Waals surface area contributed by atoms with Crippen LogP contribution in [0.1, 0.15) is 11.1 Å². The number of benzene rings is 1. The Hall–Kier alpha value is -2.28. The number of carboxylic acid groups (broad SMARTS) is 2. The van der Waals surface area contributed by atoms with Crippen molar-refractivity contribution in [3.8, 4) is 6.07 Å². The van der Waals surface area contributed by atoms with Crippen LogP contribution in [-0.4, -0.2) is 16.4 Å². The normalized spacial score (nSPS) is 7.64. The van der Waals surface area contributed by atoms with Crippen LogP contribution in [0.5, 0.6) is 0 Å². The van der Waals surface area contributed by atoms with Crippen LogP contribution < -0.4 is 0 Å². The van der Waals surface area contributed by atoms with Gasteiger partial charge in [-0.15, -0.1) is 0 Å². The van der Waals surface area contributed by atoms with Gasteiger partial charge in [0.25, 0.3) is 0 Å². The molecule has 0 spiro atoms. The molecule has 0 atom stereocenters. The second-order valence-corrected chi connectivity index (χ2v) is 2.22. The van der Waals surface area contributed by atoms with Gasteiger partial charge in [0.15, 0.2) is 0 Å². The first-order valence-corrected chi connectivity index (χ1v) is 3.64. The van der Waals surface area contributed by atoms with E-state index in [2.05, 4.69) is 6.58 Å². The molecule has 0 aliphatic rings. The van der Waals surface area contributed by atoms with Gasteiger partial charge in [-0.1, -0.05) is 24.8 Å². The van der Waals surface area contributed by atoms with Crippen molar-refractivity contribution in [1.82, 2.24) is 0 Å². The molecule has 0 saturated carbocycles. The first kappa shape index (κ1) is 11.7. The molecule has 4 heteroatoms. The van der Waals surface area contributed by atoms with Crippen LogP contribution in [0.2, 0.25) is 0 Å². The highest BCUT2D eigenvalue weighted by Gasteiger charge is 1.86. The molecule has 0 bridgehead atoms. The third-order valence-corrected chi connectivity index (χ3v) is 1.28. The topological polar surface area (TPSA) is 81.3 Å². The van der Waals surface area contributed by atoms with E-state index < -0.39 is 6.16 Å². The van der Waals surface area contributed by atoms with E-state index in [0.29, 0.717) is 5.56 Å². The van der Waals surface area contributed by atoms with Crippen LogP contribution in [0.4, 0.5) is 4.79 Å². The van der Waals surface area contributed by atoms with Gasteiger partial charge in [0.2, 0.25) is 0 Å². The molecule has 0 radical (unpaired) electrons. The third kappa shape index (κ3) is 5.38. The van der Waals surface area contributed by atoms with E-state index in [9.17, 15) is 0 Å². The third-order valence-electron chi connectivity index (χ3n) is 1.28. The predicted octanol–water partition coefficient (Wildman–Crippen LogP) is 2.42. The Kier molecular flexibility index (Phi) is 5.24. The Morgan fingerprint density at radius 3 is 2.07 bits per heavy atom. The number of hydrogen-bond acceptors (Lipinski definition) is 2. The molecule has 1 aromatic rings. The Morgan fingerprint density at radius 2 is 1.79 bits per heavy atom. The maximum atomic E-state index is 8.56. The van der Waals surface area contributed by atoms with E-state index >= 15 is 0 Å². The van der Waals surface area contributed by atoms with E-state index in [1.807, 2.05) is 18.2 Å². The van der Waals surface area contributed by atoms with Gasteiger partial charge in [-0.3, -0.25) is 0 Å². The summed E-state index contributed by atoms with van der Waals surface area (Å²) in [6.07, 6.45) is -0.0822. The van der Waals surface area contributed by atoms with Gasteiger partial charge < -0.3 is 10.2 Å². The fourth-order valence-corrected chi connectivity index (χ4v) is 0.694. The molecule has 0 fully saturated rings. The van der Waals surface area contributed by atoms with E-state index in [-0.39, 0.29) is 0 Å². The van der Waals surface area contributed by atoms with Crippen LogP contribution >= 0.6 is 0 Å². The fourth-order valence-electron chi connectivity index (χ4n) is 0.694. The van der Waals surface area contributed by atoms with Gasteiger partial charge in [-0.05, 0) is 17.7 Å². The van der Waals surface area contributed by atoms with Gasteiger partial charge in [-0.25, -0.2) is 4.79 Å². The summed E-state index contributed by atoms with van der Waals surface area (Å²) in [7, 11) is 0. The molecule has 72 valence electrons. The van der Waals surface area contributed by atoms with Crippen LogP contribution in [0.15, 0.2) is 30.8 Å². The van der Waals surface area contributed by atoms with Gasteiger partial charge in [0, 0.05) is 0 Å². The van der Waals surface area contributed by atoms with Crippen LogP contribution in [-0.2, 0) is 0 Å². The average Bonchev–Trinajstić information content (AvgIpc) is 2.17. The van der Waals surface area contributed by atoms with Crippen molar-refractivity contribution in [2.24, 2.45) is 0 Å². The summed E-state index contributed by atoms with van der Waals surface area (Å²) in [5, 5.41) is 22.4. The summed E-state index contributed by atoms with van der Waals surface area (Å²) < 4.78 is 0. The lowest BCUT2D eigenvalue weighted by Gasteiger charge is -1.89. The number of rotatable bonds is 1. The molecule has 0 aliphatic heterocycles. The summed E-state index contributed by atoms with van der Waals surface area (Å²) >= 11 is 0. The van der Waals surface area contributed by atoms with E-state index in [0.717, 1.165) is 5.56 Å². The van der Waals surface area contributed by atoms with Crippen molar-refractivity contribution in [1.29, 1.82) is 5.26 Å². The van der Waals surface area contributed by atoms with Gasteiger partial charge in [0.05, 0.1) is 11.6 Å². The largest absolute Gasteiger partial charge is 0.503 e. The zero-order chi connectivity index (χ0) is 11.0. The minimum Gasteiger partial charge on any atom is -0.450 e. The number of nitrogens with zero attached hydrogens (tertiary/aromatic N) is 1. The van der Waals surface area contributed by atoms with E-state index in [4.69, 9.17) is 20.3 Å². The number of nitriles is 1. The minimum atomic E-state index is -1.83. The van der Waals surface area contributed by atoms with Crippen molar-refractivity contribution in [2.45, 2.75) is 0 Å². The predicted molar refractivity (Wildman–Crippen MR) is 51.9 cm³/mol. The van der Waals surface area contributed by atoms with E-state index in [1.54, 1.807) is 18.2 Å². The average molecular weight is 191 g/mol. The monoisotopic (exact) mass is 191 g/mol. The Balaban J connectivity index is 0.000000364. The zero-order valence-corrected chi connectivity index (χ0v) is 7.34. The molecule has 0 unspecified atom stereocenters. The Labute approximate surface area is 81.3 Å². The van der Waals surface area contributed by atoms with Gasteiger partial charge in [0.1, 0.15) is 0 Å². The Morgan fingerprint density at radius 1 is 1.36 bits per heavy atom. The molecule has 0 aromatic heterocycles. The second-order valence-electron chi connectivity index (χ2n) is 2.22. The SMILES string of the molecule is C=Cc1ccc(C#N)cc1.O=C(O)O. The molecule has 14 heavy (non-hydrogen) atoms. The van der Waals surface area contributed by atoms with Crippen LogP contribution in [0, 0.1) is 11.3 Å². The summed E-state index contributed by atoms with van der Waals surface area (Å²) in [6.45, 7) is 3.60. The molecule has 4 nitrogen and oxygen atoms in total. The van der Waals surface area contributed by atoms with Crippen molar-refractivity contribution in [3.63, 3.8) is 0 Å². The summed E-state index contributed by atoms with van der Waals surface area (Å²) in [5.41, 5.74) is 1.73. The first-order valence-electron chi connectivity index (χ1n) is 3.64. The van der Waals surface area contributed by atoms with Gasteiger partial charge in [-0.2, -0.15) is 5.26 Å². The molecule has 1 aromatic carbocycles. The highest BCUT2D eigenvalue weighted by Crippen LogP contribution is 2.03. The van der Waals surface area contributed by atoms with Crippen molar-refractivity contribution in [2.75, 3.05) is 0 Å². The molecule has 0 saturated heterocycles. The van der Waals surface area contributed by atoms with Gasteiger partial charge >= 0.3 is 6.16 Å². The zero-order valence-electron chi connectivity index (χ0n) is 7.34. The molecule has 0 heterocycles. The molecule has 0 amide bonds. The minimum absolute atomic E-state index is 0.686. The van der Waals surface area contributed by atoms with Crippen molar-refractivity contribution >= 4 is 12.2 Å². The van der Waals surface area contributed by atoms with Crippen LogP contribution in [0.25, 0.3) is 6.08 Å². The van der Waals surface area contributed by atoms with Crippen LogP contribution in [0.3, 0.4) is 0 Å². The molecular weight excluding hydrogens is 182 g/mol. The number of carbonyl (C=O) groups is 1. The molecule has 2 N–H and O–H groups in total. The lowest BCUT2D eigenvalue weighted by Crippen LogP contribution is -1.81. The summed E-state index contributed by atoms with van der Waals surface area (Å²) in [4.78, 5) is 8.56. The fraction of sp³-hybridized carbons (Fsp3) is 0. The summed E-state index contributed by atoms with van der Waals surface area (Å²) in [6, 6.07) is 9.33. The highest BCUT2D eigenvalue weighted by atomic mass is 16.6. The quantitative estimate of drug-likeness (QED) is 0.714. The lowest BCUT2D eigenvalue weighted by molar-refractivity contribution is 0.137. The first-order chi connectivity index (χ1) is 6.60. The summed E-state index contributed by atoms with van der Waals surface area (Å²) in [5.74, 6) is 0. The maximum Gasteiger partial charge on any atom is 0.503 e. The van der Waals surface area contributed by atoms with Crippen molar-refractivity contribution in [3.05, 3.63) is 42.0 Å². The smallest absolute Gasteiger partial charge is 0.450 e. The molecular formula is C10H9NO3. The molecule has 0 aliphatic carbocycles. The lowest BCUT2D eigenvalue weighted by atomic mass is 10.1. The second kappa shape index (κ2) is 6.26. The molecule has 1 rings (SSSR count). The van der Waals surface area contributed by atoms with Crippen molar-refractivity contribution < 1.29 is 15.0 Å². The highest BCUT2D eigenvalue weighted by molar-refractivity contribution is 5.53.